The van der Waals surface area contributed by atoms with Gasteiger partial charge in [0, 0.05) is 10.9 Å². The average Bonchev–Trinajstić information content (AvgIpc) is 2.56. The molecule has 5 nitrogen and oxygen atoms in total. The number of halogens is 1. The van der Waals surface area contributed by atoms with Gasteiger partial charge >= 0.3 is 5.97 Å². The van der Waals surface area contributed by atoms with E-state index >= 15 is 0 Å². The Bertz CT molecular complexity index is 495. The van der Waals surface area contributed by atoms with Gasteiger partial charge in [-0.1, -0.05) is 15.9 Å². The van der Waals surface area contributed by atoms with E-state index in [9.17, 15) is 9.59 Å². The molecule has 0 spiro atoms. The van der Waals surface area contributed by atoms with Crippen LogP contribution >= 0.6 is 27.7 Å². The molecule has 1 aromatic rings. The van der Waals surface area contributed by atoms with Gasteiger partial charge in [0.2, 0.25) is 5.91 Å². The zero-order chi connectivity index (χ0) is 17.1. The third-order valence-electron chi connectivity index (χ3n) is 3.06. The summed E-state index contributed by atoms with van der Waals surface area (Å²) in [5.41, 5.74) is 0. The van der Waals surface area contributed by atoms with E-state index in [1.807, 2.05) is 30.5 Å². The molecule has 128 valence electrons. The molecule has 0 aromatic heterocycles. The Morgan fingerprint density at radius 3 is 2.61 bits per heavy atom. The Kier molecular flexibility index (Phi) is 9.78. The molecule has 1 aromatic carbocycles. The van der Waals surface area contributed by atoms with Gasteiger partial charge in [0.05, 0.1) is 13.7 Å². The maximum atomic E-state index is 11.9. The maximum absolute atomic E-state index is 11.9. The minimum Gasteiger partial charge on any atom is -0.494 e. The summed E-state index contributed by atoms with van der Waals surface area (Å²) in [7, 11) is 1.33. The standard InChI is InChI=1S/C16H22BrNO4S/c1-21-16(20)14(9-11-23-2)18-15(19)4-3-10-22-13-7-5-12(17)6-8-13/h5-8,14H,3-4,9-11H2,1-2H3,(H,18,19)/t14-/m0/s1. The van der Waals surface area contributed by atoms with Gasteiger partial charge in [-0.05, 0) is 49.1 Å². The van der Waals surface area contributed by atoms with Crippen molar-refractivity contribution in [2.45, 2.75) is 25.3 Å². The number of amides is 1. The molecule has 1 amide bonds. The lowest BCUT2D eigenvalue weighted by molar-refractivity contribution is -0.145. The molecular formula is C16H22BrNO4S. The number of esters is 1. The van der Waals surface area contributed by atoms with E-state index in [0.29, 0.717) is 25.9 Å². The van der Waals surface area contributed by atoms with Crippen LogP contribution in [0.2, 0.25) is 0 Å². The topological polar surface area (TPSA) is 64.6 Å². The lowest BCUT2D eigenvalue weighted by Crippen LogP contribution is -2.41. The number of hydrogen-bond acceptors (Lipinski definition) is 5. The van der Waals surface area contributed by atoms with Crippen molar-refractivity contribution in [2.24, 2.45) is 0 Å². The van der Waals surface area contributed by atoms with Crippen molar-refractivity contribution in [3.05, 3.63) is 28.7 Å². The fraction of sp³-hybridized carbons (Fsp3) is 0.500. The second-order valence-corrected chi connectivity index (χ2v) is 6.73. The average molecular weight is 404 g/mol. The molecule has 1 atom stereocenters. The van der Waals surface area contributed by atoms with Gasteiger partial charge in [0.1, 0.15) is 11.8 Å². The molecule has 23 heavy (non-hydrogen) atoms. The van der Waals surface area contributed by atoms with Crippen LogP contribution in [0.15, 0.2) is 28.7 Å². The zero-order valence-corrected chi connectivity index (χ0v) is 15.7. The van der Waals surface area contributed by atoms with Gasteiger partial charge in [-0.25, -0.2) is 4.79 Å². The molecule has 0 fully saturated rings. The molecule has 0 unspecified atom stereocenters. The van der Waals surface area contributed by atoms with Gasteiger partial charge in [0.25, 0.3) is 0 Å². The number of benzene rings is 1. The predicted molar refractivity (Wildman–Crippen MR) is 95.8 cm³/mol. The predicted octanol–water partition coefficient (Wildman–Crippen LogP) is 3.02. The van der Waals surface area contributed by atoms with E-state index in [1.54, 1.807) is 11.8 Å². The van der Waals surface area contributed by atoms with Crippen molar-refractivity contribution in [3.63, 3.8) is 0 Å². The van der Waals surface area contributed by atoms with E-state index in [4.69, 9.17) is 9.47 Å². The van der Waals surface area contributed by atoms with Crippen LogP contribution in [-0.4, -0.2) is 43.6 Å². The van der Waals surface area contributed by atoms with Crippen molar-refractivity contribution in [1.82, 2.24) is 5.32 Å². The van der Waals surface area contributed by atoms with Crippen LogP contribution in [-0.2, 0) is 14.3 Å². The second kappa shape index (κ2) is 11.3. The maximum Gasteiger partial charge on any atom is 0.328 e. The Morgan fingerprint density at radius 1 is 1.30 bits per heavy atom. The summed E-state index contributed by atoms with van der Waals surface area (Å²) in [5, 5.41) is 2.72. The molecule has 0 saturated carbocycles. The molecular weight excluding hydrogens is 382 g/mol. The smallest absolute Gasteiger partial charge is 0.328 e. The molecule has 0 bridgehead atoms. The number of carbonyl (C=O) groups is 2. The van der Waals surface area contributed by atoms with Gasteiger partial charge < -0.3 is 14.8 Å². The van der Waals surface area contributed by atoms with Gasteiger partial charge in [-0.3, -0.25) is 4.79 Å². The van der Waals surface area contributed by atoms with Gasteiger partial charge in [-0.2, -0.15) is 11.8 Å². The fourth-order valence-corrected chi connectivity index (χ4v) is 2.58. The number of hydrogen-bond donors (Lipinski definition) is 1. The van der Waals surface area contributed by atoms with Gasteiger partial charge in [0.15, 0.2) is 0 Å². The number of rotatable bonds is 10. The lowest BCUT2D eigenvalue weighted by Gasteiger charge is -2.16. The highest BCUT2D eigenvalue weighted by molar-refractivity contribution is 9.10. The Balaban J connectivity index is 2.28. The fourth-order valence-electron chi connectivity index (χ4n) is 1.85. The highest BCUT2D eigenvalue weighted by atomic mass is 79.9. The number of ether oxygens (including phenoxy) is 2. The lowest BCUT2D eigenvalue weighted by atomic mass is 10.2. The normalized spacial score (nSPS) is 11.6. The first-order valence-corrected chi connectivity index (χ1v) is 9.50. The van der Waals surface area contributed by atoms with Crippen molar-refractivity contribution in [1.29, 1.82) is 0 Å². The van der Waals surface area contributed by atoms with Crippen LogP contribution in [0.3, 0.4) is 0 Å². The van der Waals surface area contributed by atoms with E-state index < -0.39 is 12.0 Å². The first kappa shape index (κ1) is 19.8. The highest BCUT2D eigenvalue weighted by Gasteiger charge is 2.20. The Morgan fingerprint density at radius 2 is 2.00 bits per heavy atom. The molecule has 0 aliphatic heterocycles. The minimum absolute atomic E-state index is 0.166. The number of nitrogens with one attached hydrogen (secondary N) is 1. The molecule has 1 N–H and O–H groups in total. The van der Waals surface area contributed by atoms with Crippen LogP contribution in [0.25, 0.3) is 0 Å². The molecule has 0 aliphatic carbocycles. The minimum atomic E-state index is -0.577. The summed E-state index contributed by atoms with van der Waals surface area (Å²) in [4.78, 5) is 23.5. The van der Waals surface area contributed by atoms with Crippen LogP contribution in [0.1, 0.15) is 19.3 Å². The van der Waals surface area contributed by atoms with Crippen molar-refractivity contribution < 1.29 is 19.1 Å². The van der Waals surface area contributed by atoms with Crippen molar-refractivity contribution >= 4 is 39.6 Å². The third-order valence-corrected chi connectivity index (χ3v) is 4.23. The molecule has 7 heteroatoms. The summed E-state index contributed by atoms with van der Waals surface area (Å²) < 4.78 is 11.3. The molecule has 0 aliphatic rings. The quantitative estimate of drug-likeness (QED) is 0.480. The Hall–Kier alpha value is -1.21. The van der Waals surface area contributed by atoms with Crippen LogP contribution in [0.4, 0.5) is 0 Å². The van der Waals surface area contributed by atoms with Crippen molar-refractivity contribution in [3.8, 4) is 5.75 Å². The first-order chi connectivity index (χ1) is 11.1. The largest absolute Gasteiger partial charge is 0.494 e. The van der Waals surface area contributed by atoms with Crippen LogP contribution < -0.4 is 10.1 Å². The van der Waals surface area contributed by atoms with Crippen molar-refractivity contribution in [2.75, 3.05) is 25.7 Å². The summed E-state index contributed by atoms with van der Waals surface area (Å²) in [6, 6.07) is 6.94. The number of methoxy groups -OCH3 is 1. The molecule has 0 heterocycles. The SMILES string of the molecule is COC(=O)[C@H](CCSC)NC(=O)CCCOc1ccc(Br)cc1. The third kappa shape index (κ3) is 8.27. The molecule has 0 radical (unpaired) electrons. The second-order valence-electron chi connectivity index (χ2n) is 4.83. The monoisotopic (exact) mass is 403 g/mol. The number of thioether (sulfide) groups is 1. The van der Waals surface area contributed by atoms with Gasteiger partial charge in [-0.15, -0.1) is 0 Å². The molecule has 1 rings (SSSR count). The zero-order valence-electron chi connectivity index (χ0n) is 13.3. The van der Waals surface area contributed by atoms with E-state index in [0.717, 1.165) is 16.0 Å². The van der Waals surface area contributed by atoms with E-state index in [-0.39, 0.29) is 5.91 Å². The summed E-state index contributed by atoms with van der Waals surface area (Å²) in [5.74, 6) is 0.979. The summed E-state index contributed by atoms with van der Waals surface area (Å²) >= 11 is 4.98. The Labute approximate surface area is 149 Å². The molecule has 0 saturated heterocycles. The number of carbonyl (C=O) groups excluding carboxylic acids is 2. The van der Waals surface area contributed by atoms with E-state index in [2.05, 4.69) is 21.2 Å². The van der Waals surface area contributed by atoms with Crippen LogP contribution in [0.5, 0.6) is 5.75 Å². The highest BCUT2D eigenvalue weighted by Crippen LogP contribution is 2.16. The van der Waals surface area contributed by atoms with E-state index in [1.165, 1.54) is 7.11 Å². The first-order valence-electron chi connectivity index (χ1n) is 7.31. The summed E-state index contributed by atoms with van der Waals surface area (Å²) in [6.07, 6.45) is 3.41. The van der Waals surface area contributed by atoms with Crippen LogP contribution in [0, 0.1) is 0 Å². The summed E-state index contributed by atoms with van der Waals surface area (Å²) in [6.45, 7) is 0.447.